The molecule has 0 amide bonds. The molecule has 0 fully saturated rings. The van der Waals surface area contributed by atoms with E-state index < -0.39 is 5.97 Å². The van der Waals surface area contributed by atoms with Crippen molar-refractivity contribution in [2.24, 2.45) is 0 Å². The lowest BCUT2D eigenvalue weighted by atomic mass is 10.1. The first-order chi connectivity index (χ1) is 7.50. The number of thioether (sulfide) groups is 1. The van der Waals surface area contributed by atoms with Crippen LogP contribution in [0, 0.1) is 6.92 Å². The van der Waals surface area contributed by atoms with E-state index in [-0.39, 0.29) is 11.3 Å². The van der Waals surface area contributed by atoms with Gasteiger partial charge in [-0.25, -0.2) is 0 Å². The number of hydrogen-bond donors (Lipinski definition) is 1. The predicted molar refractivity (Wildman–Crippen MR) is 66.3 cm³/mol. The van der Waals surface area contributed by atoms with E-state index in [0.29, 0.717) is 0 Å². The first-order valence-electron chi connectivity index (χ1n) is 5.23. The fraction of sp³-hybridized carbons (Fsp3) is 0.417. The molecule has 0 aromatic heterocycles. The molecule has 4 heteroatoms. The topological polar surface area (TPSA) is 40.5 Å². The van der Waals surface area contributed by atoms with Crippen LogP contribution < -0.4 is 4.90 Å². The minimum Gasteiger partial charge on any atom is -0.480 e. The van der Waals surface area contributed by atoms with Crippen LogP contribution >= 0.6 is 11.8 Å². The molecule has 1 heterocycles. The van der Waals surface area contributed by atoms with Gasteiger partial charge in [-0.1, -0.05) is 6.07 Å². The maximum Gasteiger partial charge on any atom is 0.319 e. The molecule has 1 N–H and O–H groups in total. The van der Waals surface area contributed by atoms with Crippen molar-refractivity contribution in [2.75, 3.05) is 11.9 Å². The molecule has 0 saturated heterocycles. The molecular weight excluding hydrogens is 222 g/mol. The zero-order valence-corrected chi connectivity index (χ0v) is 10.4. The number of benzene rings is 1. The number of aryl methyl sites for hydroxylation is 1. The van der Waals surface area contributed by atoms with Crippen LogP contribution in [0.2, 0.25) is 0 Å². The van der Waals surface area contributed by atoms with E-state index in [2.05, 4.69) is 18.2 Å². The van der Waals surface area contributed by atoms with E-state index in [1.165, 1.54) is 17.3 Å². The molecule has 16 heavy (non-hydrogen) atoms. The summed E-state index contributed by atoms with van der Waals surface area (Å²) in [7, 11) is 1.95. The first kappa shape index (κ1) is 11.3. The van der Waals surface area contributed by atoms with Crippen molar-refractivity contribution in [1.82, 2.24) is 0 Å². The van der Waals surface area contributed by atoms with Crippen molar-refractivity contribution in [1.29, 1.82) is 0 Å². The Morgan fingerprint density at radius 1 is 1.50 bits per heavy atom. The Bertz CT molecular complexity index is 433. The molecule has 1 aromatic carbocycles. The van der Waals surface area contributed by atoms with Crippen LogP contribution in [0.5, 0.6) is 0 Å². The average molecular weight is 237 g/mol. The first-order valence-corrected chi connectivity index (χ1v) is 6.11. The van der Waals surface area contributed by atoms with E-state index in [1.54, 1.807) is 0 Å². The fourth-order valence-electron chi connectivity index (χ4n) is 1.92. The van der Waals surface area contributed by atoms with Gasteiger partial charge >= 0.3 is 5.97 Å². The van der Waals surface area contributed by atoms with Gasteiger partial charge in [0.25, 0.3) is 0 Å². The van der Waals surface area contributed by atoms with Crippen LogP contribution in [0.1, 0.15) is 12.5 Å². The highest BCUT2D eigenvalue weighted by atomic mass is 32.2. The molecule has 3 nitrogen and oxygen atoms in total. The highest BCUT2D eigenvalue weighted by Crippen LogP contribution is 2.41. The lowest BCUT2D eigenvalue weighted by Gasteiger charge is -2.37. The van der Waals surface area contributed by atoms with Gasteiger partial charge in [-0.05, 0) is 31.5 Å². The summed E-state index contributed by atoms with van der Waals surface area (Å²) in [4.78, 5) is 14.3. The van der Waals surface area contributed by atoms with Crippen LogP contribution in [0.15, 0.2) is 23.1 Å². The van der Waals surface area contributed by atoms with E-state index >= 15 is 0 Å². The number of rotatable bonds is 1. The molecule has 0 aliphatic carbocycles. The lowest BCUT2D eigenvalue weighted by molar-refractivity contribution is -0.136. The van der Waals surface area contributed by atoms with Gasteiger partial charge in [-0.2, -0.15) is 0 Å². The van der Waals surface area contributed by atoms with Crippen molar-refractivity contribution in [2.45, 2.75) is 30.0 Å². The van der Waals surface area contributed by atoms with E-state index in [4.69, 9.17) is 0 Å². The summed E-state index contributed by atoms with van der Waals surface area (Å²) in [5.74, 6) is -0.739. The Kier molecular flexibility index (Phi) is 2.84. The molecular formula is C12H15NO2S. The largest absolute Gasteiger partial charge is 0.480 e. The number of anilines is 1. The second kappa shape index (κ2) is 4.01. The summed E-state index contributed by atoms with van der Waals surface area (Å²) in [6, 6.07) is 6.19. The Hall–Kier alpha value is -1.16. The van der Waals surface area contributed by atoms with Gasteiger partial charge in [0.1, 0.15) is 5.25 Å². The molecule has 0 bridgehead atoms. The molecule has 0 radical (unpaired) electrons. The van der Waals surface area contributed by atoms with Crippen LogP contribution in [-0.2, 0) is 4.79 Å². The maximum atomic E-state index is 11.2. The second-order valence-electron chi connectivity index (χ2n) is 4.20. The summed E-state index contributed by atoms with van der Waals surface area (Å²) >= 11 is 1.45. The Morgan fingerprint density at radius 2 is 2.19 bits per heavy atom. The van der Waals surface area contributed by atoms with Gasteiger partial charge in [0, 0.05) is 18.0 Å². The molecule has 0 spiro atoms. The third-order valence-electron chi connectivity index (χ3n) is 3.04. The van der Waals surface area contributed by atoms with Crippen molar-refractivity contribution in [3.05, 3.63) is 23.8 Å². The SMILES string of the molecule is Cc1ccc2c(c1)SC(C(=O)O)C(C)N2C. The Morgan fingerprint density at radius 3 is 2.81 bits per heavy atom. The molecule has 86 valence electrons. The highest BCUT2D eigenvalue weighted by Gasteiger charge is 2.34. The zero-order valence-electron chi connectivity index (χ0n) is 9.60. The van der Waals surface area contributed by atoms with Crippen LogP contribution in [0.3, 0.4) is 0 Å². The number of carbonyl (C=O) groups is 1. The number of carboxylic acids is 1. The summed E-state index contributed by atoms with van der Waals surface area (Å²) < 4.78 is 0. The van der Waals surface area contributed by atoms with Crippen LogP contribution in [0.4, 0.5) is 5.69 Å². The van der Waals surface area contributed by atoms with Crippen molar-refractivity contribution < 1.29 is 9.90 Å². The maximum absolute atomic E-state index is 11.2. The quantitative estimate of drug-likeness (QED) is 0.814. The Labute approximate surface area is 99.5 Å². The molecule has 2 rings (SSSR count). The number of aliphatic carboxylic acids is 1. The minimum atomic E-state index is -0.739. The van der Waals surface area contributed by atoms with E-state index in [1.807, 2.05) is 25.8 Å². The summed E-state index contributed by atoms with van der Waals surface area (Å²) in [5, 5.41) is 8.78. The molecule has 0 saturated carbocycles. The van der Waals surface area contributed by atoms with Gasteiger partial charge in [-0.15, -0.1) is 11.8 Å². The summed E-state index contributed by atoms with van der Waals surface area (Å²) in [6.07, 6.45) is 0. The fourth-order valence-corrected chi connectivity index (χ4v) is 3.26. The van der Waals surface area contributed by atoms with Crippen molar-refractivity contribution >= 4 is 23.4 Å². The zero-order chi connectivity index (χ0) is 11.9. The molecule has 2 unspecified atom stereocenters. The van der Waals surface area contributed by atoms with Gasteiger partial charge < -0.3 is 10.0 Å². The minimum absolute atomic E-state index is 0.0118. The molecule has 1 aromatic rings. The molecule has 1 aliphatic rings. The van der Waals surface area contributed by atoms with Crippen molar-refractivity contribution in [3.63, 3.8) is 0 Å². The standard InChI is InChI=1S/C12H15NO2S/c1-7-4-5-9-10(6-7)16-11(12(14)15)8(2)13(9)3/h4-6,8,11H,1-3H3,(H,14,15). The van der Waals surface area contributed by atoms with E-state index in [9.17, 15) is 9.90 Å². The normalized spacial score (nSPS) is 24.1. The summed E-state index contributed by atoms with van der Waals surface area (Å²) in [5.41, 5.74) is 2.29. The lowest BCUT2D eigenvalue weighted by Crippen LogP contribution is -2.44. The molecule has 1 aliphatic heterocycles. The second-order valence-corrected chi connectivity index (χ2v) is 5.38. The molecule has 2 atom stereocenters. The number of nitrogens with zero attached hydrogens (tertiary/aromatic N) is 1. The van der Waals surface area contributed by atoms with E-state index in [0.717, 1.165) is 10.6 Å². The highest BCUT2D eigenvalue weighted by molar-refractivity contribution is 8.00. The van der Waals surface area contributed by atoms with Gasteiger partial charge in [0.2, 0.25) is 0 Å². The van der Waals surface area contributed by atoms with Gasteiger partial charge in [0.05, 0.1) is 5.69 Å². The van der Waals surface area contributed by atoms with Gasteiger partial charge in [0.15, 0.2) is 0 Å². The third-order valence-corrected chi connectivity index (χ3v) is 4.47. The number of carboxylic acid groups (broad SMARTS) is 1. The smallest absolute Gasteiger partial charge is 0.319 e. The van der Waals surface area contributed by atoms with Crippen LogP contribution in [-0.4, -0.2) is 29.4 Å². The van der Waals surface area contributed by atoms with Crippen molar-refractivity contribution in [3.8, 4) is 0 Å². The predicted octanol–water partition coefficient (Wildman–Crippen LogP) is 2.38. The average Bonchev–Trinajstić information content (AvgIpc) is 2.22. The van der Waals surface area contributed by atoms with Gasteiger partial charge in [-0.3, -0.25) is 4.79 Å². The Balaban J connectivity index is 2.44. The summed E-state index contributed by atoms with van der Waals surface area (Å²) in [6.45, 7) is 3.98. The van der Waals surface area contributed by atoms with Crippen LogP contribution in [0.25, 0.3) is 0 Å². The third kappa shape index (κ3) is 1.78. The number of hydrogen-bond acceptors (Lipinski definition) is 3. The number of fused-ring (bicyclic) bond motifs is 1. The monoisotopic (exact) mass is 237 g/mol.